The van der Waals surface area contributed by atoms with E-state index < -0.39 is 52.0 Å². The summed E-state index contributed by atoms with van der Waals surface area (Å²) in [5, 5.41) is 26.1. The van der Waals surface area contributed by atoms with Crippen LogP contribution in [0.3, 0.4) is 0 Å². The summed E-state index contributed by atoms with van der Waals surface area (Å²) in [7, 11) is 0. The molecule has 7 rings (SSSR count). The number of aromatic nitrogens is 1. The van der Waals surface area contributed by atoms with E-state index in [-0.39, 0.29) is 18.7 Å². The molecule has 2 saturated heterocycles. The number of amides is 2. The molecule has 4 unspecified atom stereocenters. The molecule has 2 aliphatic heterocycles. The minimum absolute atomic E-state index is 0.0463. The fourth-order valence-corrected chi connectivity index (χ4v) is 6.79. The predicted octanol–water partition coefficient (Wildman–Crippen LogP) is 5.35. The summed E-state index contributed by atoms with van der Waals surface area (Å²) in [6.07, 6.45) is 5.60. The summed E-state index contributed by atoms with van der Waals surface area (Å²) >= 11 is 0. The van der Waals surface area contributed by atoms with Crippen LogP contribution in [0.2, 0.25) is 0 Å². The Morgan fingerprint density at radius 3 is 2.33 bits per heavy atom. The van der Waals surface area contributed by atoms with E-state index >= 15 is 0 Å². The molecule has 0 spiro atoms. The number of furan rings is 1. The van der Waals surface area contributed by atoms with E-state index in [1.807, 2.05) is 91.0 Å². The Labute approximate surface area is 262 Å². The molecule has 0 bridgehead atoms. The van der Waals surface area contributed by atoms with Gasteiger partial charge in [-0.05, 0) is 34.4 Å². The van der Waals surface area contributed by atoms with Gasteiger partial charge in [-0.25, -0.2) is 0 Å². The van der Waals surface area contributed by atoms with Crippen LogP contribution in [-0.2, 0) is 27.3 Å². The summed E-state index contributed by atoms with van der Waals surface area (Å²) in [6.45, 7) is -0.350. The minimum atomic E-state index is -1.83. The van der Waals surface area contributed by atoms with Crippen molar-refractivity contribution >= 4 is 46.7 Å². The van der Waals surface area contributed by atoms with Gasteiger partial charge in [0, 0.05) is 29.6 Å². The zero-order valence-corrected chi connectivity index (χ0v) is 24.3. The minimum Gasteiger partial charge on any atom is -0.480 e. The van der Waals surface area contributed by atoms with Crippen molar-refractivity contribution in [3.8, 4) is 0 Å². The van der Waals surface area contributed by atoms with Gasteiger partial charge in [-0.3, -0.25) is 34.7 Å². The molecule has 11 nitrogen and oxygen atoms in total. The fourth-order valence-electron chi connectivity index (χ4n) is 6.79. The first kappa shape index (κ1) is 28.9. The number of H-pyrrole nitrogens is 1. The van der Waals surface area contributed by atoms with Gasteiger partial charge < -0.3 is 14.5 Å². The van der Waals surface area contributed by atoms with E-state index in [4.69, 9.17) is 4.42 Å². The van der Waals surface area contributed by atoms with Crippen LogP contribution in [0.5, 0.6) is 0 Å². The van der Waals surface area contributed by atoms with Gasteiger partial charge in [-0.2, -0.15) is 0 Å². The molecule has 2 fully saturated rings. The van der Waals surface area contributed by atoms with Crippen molar-refractivity contribution in [1.29, 1.82) is 0 Å². The summed E-state index contributed by atoms with van der Waals surface area (Å²) in [5.41, 5.74) is 2.27. The zero-order chi connectivity index (χ0) is 32.0. The van der Waals surface area contributed by atoms with Crippen LogP contribution in [0, 0.1) is 22.0 Å². The maximum absolute atomic E-state index is 14.1. The monoisotopic (exact) mass is 616 g/mol. The van der Waals surface area contributed by atoms with E-state index in [2.05, 4.69) is 10.3 Å². The first-order valence-electron chi connectivity index (χ1n) is 14.7. The van der Waals surface area contributed by atoms with Crippen molar-refractivity contribution in [2.24, 2.45) is 11.8 Å². The van der Waals surface area contributed by atoms with E-state index in [0.29, 0.717) is 11.1 Å². The molecular weight excluding hydrogens is 588 g/mol. The molecule has 0 radical (unpaired) electrons. The standard InChI is InChI=1S/C35H28N4O7/c40-32-29-30(33(41)38(32)20-25-16-17-28(46-25)39(44)45)35(34(42)43,18-24-19-36-27-9-5-4-8-26(24)27)37-31(29)23-14-12-22(13-15-23)11-10-21-6-2-1-3-7-21/h1-17,19,29-31,36-37H,18,20H2,(H,42,43). The van der Waals surface area contributed by atoms with Crippen molar-refractivity contribution in [2.45, 2.75) is 24.5 Å². The number of likely N-dealkylation sites (tertiary alicyclic amines) is 1. The molecule has 3 N–H and O–H groups in total. The number of nitro groups is 1. The Morgan fingerprint density at radius 2 is 1.63 bits per heavy atom. The van der Waals surface area contributed by atoms with Crippen molar-refractivity contribution in [3.63, 3.8) is 0 Å². The third-order valence-corrected chi connectivity index (χ3v) is 8.98. The number of fused-ring (bicyclic) bond motifs is 2. The van der Waals surface area contributed by atoms with Crippen molar-refractivity contribution in [3.05, 3.63) is 135 Å². The highest BCUT2D eigenvalue weighted by atomic mass is 16.6. The Balaban J connectivity index is 1.27. The molecule has 5 aromatic rings. The molecular formula is C35H28N4O7. The van der Waals surface area contributed by atoms with Crippen LogP contribution in [-0.4, -0.2) is 43.2 Å². The molecule has 11 heteroatoms. The number of nitrogens with zero attached hydrogens (tertiary/aromatic N) is 2. The zero-order valence-electron chi connectivity index (χ0n) is 24.3. The Bertz CT molecular complexity index is 2010. The second-order valence-electron chi connectivity index (χ2n) is 11.6. The summed E-state index contributed by atoms with van der Waals surface area (Å²) in [4.78, 5) is 56.1. The van der Waals surface area contributed by atoms with E-state index in [1.54, 1.807) is 6.20 Å². The van der Waals surface area contributed by atoms with Gasteiger partial charge in [0.25, 0.3) is 0 Å². The van der Waals surface area contributed by atoms with Crippen LogP contribution < -0.4 is 5.32 Å². The number of carboxylic acids is 1. The van der Waals surface area contributed by atoms with Crippen LogP contribution in [0.15, 0.2) is 102 Å². The highest BCUT2D eigenvalue weighted by molar-refractivity contribution is 6.09. The van der Waals surface area contributed by atoms with Crippen molar-refractivity contribution in [2.75, 3.05) is 0 Å². The average Bonchev–Trinajstić information content (AvgIpc) is 3.83. The normalized spacial score (nSPS) is 22.6. The number of aromatic amines is 1. The lowest BCUT2D eigenvalue weighted by Gasteiger charge is -2.31. The number of para-hydroxylation sites is 1. The second-order valence-corrected chi connectivity index (χ2v) is 11.6. The van der Waals surface area contributed by atoms with Crippen LogP contribution in [0.4, 0.5) is 5.88 Å². The van der Waals surface area contributed by atoms with E-state index in [0.717, 1.165) is 33.0 Å². The molecule has 2 aliphatic rings. The number of imide groups is 1. The number of aliphatic carboxylic acids is 1. The molecule has 4 atom stereocenters. The number of nitrogens with one attached hydrogen (secondary N) is 2. The van der Waals surface area contributed by atoms with Crippen LogP contribution in [0.1, 0.15) is 34.1 Å². The van der Waals surface area contributed by atoms with Gasteiger partial charge in [0.15, 0.2) is 0 Å². The molecule has 46 heavy (non-hydrogen) atoms. The molecule has 3 aromatic carbocycles. The highest BCUT2D eigenvalue weighted by Crippen LogP contribution is 2.50. The van der Waals surface area contributed by atoms with Gasteiger partial charge in [0.2, 0.25) is 11.8 Å². The lowest BCUT2D eigenvalue weighted by Crippen LogP contribution is -2.57. The summed E-state index contributed by atoms with van der Waals surface area (Å²) in [6, 6.07) is 26.4. The number of carboxylic acid groups (broad SMARTS) is 1. The first-order chi connectivity index (χ1) is 22.2. The Hall–Kier alpha value is -5.81. The summed E-state index contributed by atoms with van der Waals surface area (Å²) in [5.74, 6) is -5.26. The van der Waals surface area contributed by atoms with Gasteiger partial charge in [-0.1, -0.05) is 84.9 Å². The van der Waals surface area contributed by atoms with Crippen molar-refractivity contribution in [1.82, 2.24) is 15.2 Å². The lowest BCUT2D eigenvalue weighted by atomic mass is 9.76. The molecule has 230 valence electrons. The summed E-state index contributed by atoms with van der Waals surface area (Å²) < 4.78 is 5.25. The third kappa shape index (κ3) is 4.87. The SMILES string of the molecule is O=C1C2C(c3ccc(C=Cc4ccccc4)cc3)NC(Cc3c[nH]c4ccccc34)(C(=O)O)C2C(=O)N1Cc1ccc([N+](=O)[O-])o1. The number of hydrogen-bond donors (Lipinski definition) is 3. The maximum atomic E-state index is 14.1. The number of carbonyl (C=O) groups excluding carboxylic acids is 2. The Kier molecular flexibility index (Phi) is 7.09. The lowest BCUT2D eigenvalue weighted by molar-refractivity contribution is -0.402. The topological polar surface area (TPSA) is 159 Å². The number of hydrogen-bond acceptors (Lipinski definition) is 7. The maximum Gasteiger partial charge on any atom is 0.433 e. The largest absolute Gasteiger partial charge is 0.480 e. The third-order valence-electron chi connectivity index (χ3n) is 8.98. The van der Waals surface area contributed by atoms with Gasteiger partial charge in [0.1, 0.15) is 16.2 Å². The smallest absolute Gasteiger partial charge is 0.433 e. The van der Waals surface area contributed by atoms with Gasteiger partial charge in [-0.15, -0.1) is 0 Å². The van der Waals surface area contributed by atoms with Crippen molar-refractivity contribution < 1.29 is 28.8 Å². The number of rotatable bonds is 9. The van der Waals surface area contributed by atoms with Gasteiger partial charge >= 0.3 is 11.9 Å². The molecule has 2 amide bonds. The van der Waals surface area contributed by atoms with E-state index in [9.17, 15) is 29.6 Å². The Morgan fingerprint density at radius 1 is 0.935 bits per heavy atom. The highest BCUT2D eigenvalue weighted by Gasteiger charge is 2.68. The first-order valence-corrected chi connectivity index (χ1v) is 14.7. The molecule has 0 aliphatic carbocycles. The number of carbonyl (C=O) groups is 3. The predicted molar refractivity (Wildman–Crippen MR) is 168 cm³/mol. The number of benzene rings is 3. The molecule has 4 heterocycles. The fraction of sp³-hybridized carbons (Fsp3) is 0.171. The second kappa shape index (κ2) is 11.3. The molecule has 0 saturated carbocycles. The van der Waals surface area contributed by atoms with Crippen LogP contribution >= 0.6 is 0 Å². The van der Waals surface area contributed by atoms with Gasteiger partial charge in [0.05, 0.1) is 24.4 Å². The molecule has 2 aromatic heterocycles. The quantitative estimate of drug-likeness (QED) is 0.0865. The van der Waals surface area contributed by atoms with Crippen LogP contribution in [0.25, 0.3) is 23.1 Å². The average molecular weight is 617 g/mol. The van der Waals surface area contributed by atoms with E-state index in [1.165, 1.54) is 6.07 Å².